The molecule has 0 atom stereocenters. The van der Waals surface area contributed by atoms with Crippen molar-refractivity contribution in [3.8, 4) is 0 Å². The first-order valence-electron chi connectivity index (χ1n) is 10.3. The molecule has 0 fully saturated rings. The van der Waals surface area contributed by atoms with Crippen molar-refractivity contribution < 1.29 is 13.2 Å². The molecule has 3 aromatic carbocycles. The number of benzene rings is 3. The fourth-order valence-corrected chi connectivity index (χ4v) is 4.76. The lowest BCUT2D eigenvalue weighted by molar-refractivity contribution is -0.117. The van der Waals surface area contributed by atoms with Crippen LogP contribution in [0.1, 0.15) is 37.3 Å². The summed E-state index contributed by atoms with van der Waals surface area (Å²) in [6.07, 6.45) is 3.68. The Hall–Kier alpha value is -2.92. The van der Waals surface area contributed by atoms with Crippen LogP contribution in [-0.4, -0.2) is 14.3 Å². The number of unbranched alkanes of at least 4 members (excludes halogenated alkanes) is 1. The predicted octanol–water partition coefficient (Wildman–Crippen LogP) is 5.38. The number of rotatable bonds is 9. The highest BCUT2D eigenvalue weighted by molar-refractivity contribution is 7.93. The van der Waals surface area contributed by atoms with Gasteiger partial charge in [0.25, 0.3) is 10.0 Å². The fraction of sp³-hybridized carbons (Fsp3) is 0.240. The monoisotopic (exact) mass is 421 g/mol. The summed E-state index contributed by atoms with van der Waals surface area (Å²) in [4.78, 5) is 13.2. The number of carbonyl (C=O) groups excluding carboxylic acids is 1. The zero-order chi connectivity index (χ0) is 21.4. The van der Waals surface area contributed by atoms with Crippen molar-refractivity contribution in [2.75, 3.05) is 4.31 Å². The molecule has 4 nitrogen and oxygen atoms in total. The van der Waals surface area contributed by atoms with Gasteiger partial charge in [-0.05, 0) is 54.7 Å². The molecule has 0 saturated heterocycles. The Morgan fingerprint density at radius 1 is 0.767 bits per heavy atom. The number of carbonyl (C=O) groups is 1. The summed E-state index contributed by atoms with van der Waals surface area (Å²) in [5, 5.41) is 0. The Bertz CT molecular complexity index is 1050. The number of hydrogen-bond donors (Lipinski definition) is 0. The fourth-order valence-electron chi connectivity index (χ4n) is 3.29. The van der Waals surface area contributed by atoms with Gasteiger partial charge in [0, 0.05) is 6.42 Å². The first-order valence-corrected chi connectivity index (χ1v) is 11.7. The van der Waals surface area contributed by atoms with E-state index in [9.17, 15) is 13.2 Å². The maximum atomic E-state index is 13.3. The summed E-state index contributed by atoms with van der Waals surface area (Å²) < 4.78 is 27.6. The van der Waals surface area contributed by atoms with Crippen LogP contribution in [0.4, 0.5) is 5.69 Å². The van der Waals surface area contributed by atoms with Crippen LogP contribution in [0.5, 0.6) is 0 Å². The van der Waals surface area contributed by atoms with Gasteiger partial charge in [-0.1, -0.05) is 74.0 Å². The average molecular weight is 422 g/mol. The summed E-state index contributed by atoms with van der Waals surface area (Å²) in [5.41, 5.74) is 2.50. The third-order valence-electron chi connectivity index (χ3n) is 4.97. The highest BCUT2D eigenvalue weighted by atomic mass is 32.2. The molecule has 30 heavy (non-hydrogen) atoms. The van der Waals surface area contributed by atoms with Gasteiger partial charge in [-0.3, -0.25) is 4.79 Å². The largest absolute Gasteiger partial charge is 0.273 e. The Morgan fingerprint density at radius 2 is 1.33 bits per heavy atom. The molecule has 156 valence electrons. The van der Waals surface area contributed by atoms with E-state index in [0.717, 1.165) is 34.7 Å². The van der Waals surface area contributed by atoms with Gasteiger partial charge in [-0.2, -0.15) is 0 Å². The van der Waals surface area contributed by atoms with Crippen LogP contribution in [0.3, 0.4) is 0 Å². The van der Waals surface area contributed by atoms with Gasteiger partial charge in [-0.15, -0.1) is 0 Å². The zero-order valence-corrected chi connectivity index (χ0v) is 18.0. The second-order valence-electron chi connectivity index (χ2n) is 7.23. The van der Waals surface area contributed by atoms with Crippen LogP contribution in [0.25, 0.3) is 0 Å². The minimum Gasteiger partial charge on any atom is -0.273 e. The molecule has 0 aliphatic heterocycles. The Kier molecular flexibility index (Phi) is 7.41. The molecule has 0 saturated carbocycles. The highest BCUT2D eigenvalue weighted by Crippen LogP contribution is 2.26. The summed E-state index contributed by atoms with van der Waals surface area (Å²) >= 11 is 0. The van der Waals surface area contributed by atoms with Crippen LogP contribution in [0.2, 0.25) is 0 Å². The average Bonchev–Trinajstić information content (AvgIpc) is 2.78. The molecule has 0 unspecified atom stereocenters. The molecular formula is C25H27NO3S. The van der Waals surface area contributed by atoms with Crippen molar-refractivity contribution in [2.24, 2.45) is 0 Å². The number of amides is 1. The van der Waals surface area contributed by atoms with Crippen LogP contribution in [-0.2, 0) is 27.7 Å². The SMILES string of the molecule is CCCCc1ccc(N(C(=O)CCc2ccccc2)S(=O)(=O)c2ccccc2)cc1. The van der Waals surface area contributed by atoms with Gasteiger partial charge in [-0.25, -0.2) is 12.7 Å². The van der Waals surface area contributed by atoms with Crippen molar-refractivity contribution in [2.45, 2.75) is 43.9 Å². The summed E-state index contributed by atoms with van der Waals surface area (Å²) in [7, 11) is -4.00. The van der Waals surface area contributed by atoms with Crippen LogP contribution >= 0.6 is 0 Å². The first kappa shape index (κ1) is 21.8. The van der Waals surface area contributed by atoms with Crippen LogP contribution in [0.15, 0.2) is 89.8 Å². The Balaban J connectivity index is 1.91. The topological polar surface area (TPSA) is 54.5 Å². The summed E-state index contributed by atoms with van der Waals surface area (Å²) in [6, 6.07) is 25.0. The molecule has 0 heterocycles. The molecule has 0 aromatic heterocycles. The molecule has 0 bridgehead atoms. The normalized spacial score (nSPS) is 11.2. The van der Waals surface area contributed by atoms with Gasteiger partial charge in [0.15, 0.2) is 0 Å². The maximum absolute atomic E-state index is 13.3. The molecule has 3 rings (SSSR count). The van der Waals surface area contributed by atoms with E-state index in [4.69, 9.17) is 0 Å². The minimum atomic E-state index is -4.00. The lowest BCUT2D eigenvalue weighted by atomic mass is 10.1. The smallest absolute Gasteiger partial charge is 0.270 e. The molecular weight excluding hydrogens is 394 g/mol. The number of sulfonamides is 1. The second-order valence-corrected chi connectivity index (χ2v) is 9.02. The number of aryl methyl sites for hydroxylation is 2. The maximum Gasteiger partial charge on any atom is 0.270 e. The van der Waals surface area contributed by atoms with E-state index in [-0.39, 0.29) is 11.3 Å². The molecule has 3 aromatic rings. The Morgan fingerprint density at radius 3 is 1.93 bits per heavy atom. The van der Waals surface area contributed by atoms with Gasteiger partial charge >= 0.3 is 0 Å². The molecule has 0 aliphatic rings. The van der Waals surface area contributed by atoms with E-state index in [1.807, 2.05) is 42.5 Å². The van der Waals surface area contributed by atoms with Crippen molar-refractivity contribution >= 4 is 21.6 Å². The van der Waals surface area contributed by atoms with Crippen LogP contribution < -0.4 is 4.31 Å². The standard InChI is InChI=1S/C25H27NO3S/c1-2-3-10-22-15-18-23(19-16-22)26(30(28,29)24-13-8-5-9-14-24)25(27)20-17-21-11-6-4-7-12-21/h4-9,11-16,18-19H,2-3,10,17,20H2,1H3. The van der Waals surface area contributed by atoms with Crippen molar-refractivity contribution in [1.82, 2.24) is 0 Å². The number of anilines is 1. The number of nitrogens with zero attached hydrogens (tertiary/aromatic N) is 1. The quantitative estimate of drug-likeness (QED) is 0.466. The van der Waals surface area contributed by atoms with Gasteiger partial charge in [0.1, 0.15) is 0 Å². The summed E-state index contributed by atoms with van der Waals surface area (Å²) in [5.74, 6) is -0.441. The third-order valence-corrected chi connectivity index (χ3v) is 6.73. The lowest BCUT2D eigenvalue weighted by Gasteiger charge is -2.23. The first-order chi connectivity index (χ1) is 14.5. The zero-order valence-electron chi connectivity index (χ0n) is 17.2. The van der Waals surface area contributed by atoms with Gasteiger partial charge < -0.3 is 0 Å². The predicted molar refractivity (Wildman–Crippen MR) is 121 cm³/mol. The van der Waals surface area contributed by atoms with E-state index in [2.05, 4.69) is 6.92 Å². The van der Waals surface area contributed by atoms with E-state index in [1.54, 1.807) is 30.3 Å². The van der Waals surface area contributed by atoms with E-state index in [0.29, 0.717) is 12.1 Å². The van der Waals surface area contributed by atoms with Crippen LogP contribution in [0, 0.1) is 0 Å². The minimum absolute atomic E-state index is 0.105. The van der Waals surface area contributed by atoms with E-state index >= 15 is 0 Å². The van der Waals surface area contributed by atoms with Crippen molar-refractivity contribution in [3.05, 3.63) is 96.1 Å². The number of hydrogen-bond acceptors (Lipinski definition) is 3. The van der Waals surface area contributed by atoms with Gasteiger partial charge in [0.05, 0.1) is 10.6 Å². The third kappa shape index (κ3) is 5.36. The lowest BCUT2D eigenvalue weighted by Crippen LogP contribution is -2.37. The highest BCUT2D eigenvalue weighted by Gasteiger charge is 2.30. The molecule has 0 radical (unpaired) electrons. The van der Waals surface area contributed by atoms with Crippen molar-refractivity contribution in [3.63, 3.8) is 0 Å². The molecule has 0 N–H and O–H groups in total. The summed E-state index contributed by atoms with van der Waals surface area (Å²) in [6.45, 7) is 2.13. The van der Waals surface area contributed by atoms with Crippen molar-refractivity contribution in [1.29, 1.82) is 0 Å². The molecule has 0 spiro atoms. The molecule has 0 aliphatic carbocycles. The van der Waals surface area contributed by atoms with E-state index < -0.39 is 15.9 Å². The Labute approximate surface area is 179 Å². The molecule has 1 amide bonds. The van der Waals surface area contributed by atoms with E-state index in [1.165, 1.54) is 12.1 Å². The molecule has 5 heteroatoms. The van der Waals surface area contributed by atoms with Gasteiger partial charge in [0.2, 0.25) is 5.91 Å². The second kappa shape index (κ2) is 10.2.